The lowest BCUT2D eigenvalue weighted by Crippen LogP contribution is -2.52. The Hall–Kier alpha value is -1.82. The van der Waals surface area contributed by atoms with E-state index in [1.54, 1.807) is 0 Å². The molecule has 0 unspecified atom stereocenters. The second kappa shape index (κ2) is 8.33. The van der Waals surface area contributed by atoms with Gasteiger partial charge in [0.15, 0.2) is 0 Å². The zero-order valence-corrected chi connectivity index (χ0v) is 13.8. The van der Waals surface area contributed by atoms with Gasteiger partial charge in [-0.2, -0.15) is 0 Å². The van der Waals surface area contributed by atoms with Crippen molar-refractivity contribution in [3.63, 3.8) is 0 Å². The fraction of sp³-hybridized carbons (Fsp3) is 0.421. The van der Waals surface area contributed by atoms with Crippen LogP contribution in [0.4, 0.5) is 4.39 Å². The Kier molecular flexibility index (Phi) is 5.91. The Bertz CT molecular complexity index is 620. The Labute approximate surface area is 142 Å². The van der Waals surface area contributed by atoms with Crippen LogP contribution in [0.25, 0.3) is 0 Å². The maximum atomic E-state index is 13.1. The van der Waals surface area contributed by atoms with Gasteiger partial charge in [0.1, 0.15) is 5.82 Å². The first-order chi connectivity index (χ1) is 11.7. The van der Waals surface area contributed by atoms with Crippen molar-refractivity contribution in [3.8, 4) is 0 Å². The van der Waals surface area contributed by atoms with Crippen LogP contribution in [0.5, 0.6) is 0 Å². The summed E-state index contributed by atoms with van der Waals surface area (Å²) in [6.45, 7) is 4.78. The molecule has 0 spiro atoms. The second-order valence-electron chi connectivity index (χ2n) is 6.35. The third-order valence-electron chi connectivity index (χ3n) is 4.61. The molecule has 2 heterocycles. The van der Waals surface area contributed by atoms with Crippen molar-refractivity contribution in [2.45, 2.75) is 25.6 Å². The number of nitrogens with zero attached hydrogens (tertiary/aromatic N) is 3. The summed E-state index contributed by atoms with van der Waals surface area (Å²) in [6, 6.07) is 11.1. The van der Waals surface area contributed by atoms with Crippen LogP contribution in [0, 0.1) is 5.82 Å². The van der Waals surface area contributed by atoms with Gasteiger partial charge in [-0.1, -0.05) is 12.1 Å². The molecule has 0 radical (unpaired) electrons. The molecule has 0 saturated carbocycles. The van der Waals surface area contributed by atoms with E-state index >= 15 is 0 Å². The zero-order valence-electron chi connectivity index (χ0n) is 13.8. The average molecular weight is 329 g/mol. The molecule has 1 aromatic heterocycles. The van der Waals surface area contributed by atoms with E-state index in [4.69, 9.17) is 0 Å². The summed E-state index contributed by atoms with van der Waals surface area (Å²) < 4.78 is 13.1. The SMILES string of the molecule is OCC[C@H]1CN(Cc2ccncc2)CCN1Cc1ccc(F)cc1. The first-order valence-electron chi connectivity index (χ1n) is 8.45. The highest BCUT2D eigenvalue weighted by molar-refractivity contribution is 5.16. The molecule has 1 N–H and O–H groups in total. The van der Waals surface area contributed by atoms with Crippen molar-refractivity contribution < 1.29 is 9.50 Å². The van der Waals surface area contributed by atoms with Crippen LogP contribution in [0.15, 0.2) is 48.8 Å². The number of piperazine rings is 1. The average Bonchev–Trinajstić information content (AvgIpc) is 2.60. The third kappa shape index (κ3) is 4.60. The minimum Gasteiger partial charge on any atom is -0.396 e. The maximum absolute atomic E-state index is 13.1. The van der Waals surface area contributed by atoms with Gasteiger partial charge in [0, 0.05) is 57.8 Å². The molecule has 4 nitrogen and oxygen atoms in total. The summed E-state index contributed by atoms with van der Waals surface area (Å²) >= 11 is 0. The maximum Gasteiger partial charge on any atom is 0.123 e. The number of rotatable bonds is 6. The summed E-state index contributed by atoms with van der Waals surface area (Å²) in [5, 5.41) is 9.41. The topological polar surface area (TPSA) is 39.6 Å². The molecule has 0 bridgehead atoms. The van der Waals surface area contributed by atoms with Crippen molar-refractivity contribution in [1.82, 2.24) is 14.8 Å². The van der Waals surface area contributed by atoms with Crippen molar-refractivity contribution in [1.29, 1.82) is 0 Å². The van der Waals surface area contributed by atoms with Gasteiger partial charge in [0.2, 0.25) is 0 Å². The molecule has 1 aromatic carbocycles. The lowest BCUT2D eigenvalue weighted by atomic mass is 10.1. The molecule has 2 aromatic rings. The molecule has 0 amide bonds. The van der Waals surface area contributed by atoms with Gasteiger partial charge in [-0.05, 0) is 41.8 Å². The number of aromatic nitrogens is 1. The summed E-state index contributed by atoms with van der Waals surface area (Å²) in [7, 11) is 0. The van der Waals surface area contributed by atoms with Gasteiger partial charge in [-0.25, -0.2) is 4.39 Å². The van der Waals surface area contributed by atoms with Gasteiger partial charge >= 0.3 is 0 Å². The number of benzene rings is 1. The van der Waals surface area contributed by atoms with Crippen LogP contribution in [-0.2, 0) is 13.1 Å². The third-order valence-corrected chi connectivity index (χ3v) is 4.61. The van der Waals surface area contributed by atoms with Crippen molar-refractivity contribution in [3.05, 3.63) is 65.7 Å². The van der Waals surface area contributed by atoms with Gasteiger partial charge in [-0.3, -0.25) is 14.8 Å². The normalized spacial score (nSPS) is 19.5. The smallest absolute Gasteiger partial charge is 0.123 e. The fourth-order valence-electron chi connectivity index (χ4n) is 3.30. The van der Waals surface area contributed by atoms with E-state index in [0.29, 0.717) is 6.04 Å². The van der Waals surface area contributed by atoms with Crippen LogP contribution in [0.3, 0.4) is 0 Å². The second-order valence-corrected chi connectivity index (χ2v) is 6.35. The van der Waals surface area contributed by atoms with Crippen LogP contribution >= 0.6 is 0 Å². The molecule has 1 atom stereocenters. The van der Waals surface area contributed by atoms with Crippen LogP contribution in [0.2, 0.25) is 0 Å². The van der Waals surface area contributed by atoms with E-state index in [1.165, 1.54) is 17.7 Å². The van der Waals surface area contributed by atoms with Gasteiger partial charge in [0.05, 0.1) is 0 Å². The predicted molar refractivity (Wildman–Crippen MR) is 91.8 cm³/mol. The zero-order chi connectivity index (χ0) is 16.8. The van der Waals surface area contributed by atoms with Gasteiger partial charge < -0.3 is 5.11 Å². The quantitative estimate of drug-likeness (QED) is 0.883. The Morgan fingerprint density at radius 1 is 1.00 bits per heavy atom. The van der Waals surface area contributed by atoms with E-state index in [9.17, 15) is 9.50 Å². The number of aliphatic hydroxyl groups is 1. The first kappa shape index (κ1) is 17.0. The molecule has 0 aliphatic carbocycles. The molecular formula is C19H24FN3O. The molecule has 1 fully saturated rings. The molecular weight excluding hydrogens is 305 g/mol. The molecule has 1 aliphatic heterocycles. The number of hydrogen-bond acceptors (Lipinski definition) is 4. The Morgan fingerprint density at radius 3 is 2.42 bits per heavy atom. The van der Waals surface area contributed by atoms with Gasteiger partial charge in [-0.15, -0.1) is 0 Å². The summed E-state index contributed by atoms with van der Waals surface area (Å²) in [4.78, 5) is 8.88. The number of aliphatic hydroxyl groups excluding tert-OH is 1. The van der Waals surface area contributed by atoms with Crippen LogP contribution in [-0.4, -0.2) is 52.2 Å². The molecule has 24 heavy (non-hydrogen) atoms. The molecule has 5 heteroatoms. The standard InChI is InChI=1S/C19H24FN3O/c20-18-3-1-16(2-4-18)14-23-11-10-22(15-19(23)7-12-24)13-17-5-8-21-9-6-17/h1-6,8-9,19,24H,7,10-15H2/t19-/m0/s1. The summed E-state index contributed by atoms with van der Waals surface area (Å²) in [5.74, 6) is -0.201. The van der Waals surface area contributed by atoms with E-state index in [-0.39, 0.29) is 12.4 Å². The highest BCUT2D eigenvalue weighted by Crippen LogP contribution is 2.18. The van der Waals surface area contributed by atoms with Crippen LogP contribution < -0.4 is 0 Å². The number of halogens is 1. The molecule has 1 aliphatic rings. The van der Waals surface area contributed by atoms with E-state index in [1.807, 2.05) is 36.7 Å². The highest BCUT2D eigenvalue weighted by Gasteiger charge is 2.26. The van der Waals surface area contributed by atoms with Gasteiger partial charge in [0.25, 0.3) is 0 Å². The molecule has 1 saturated heterocycles. The molecule has 3 rings (SSSR count). The summed E-state index contributed by atoms with van der Waals surface area (Å²) in [6.07, 6.45) is 4.41. The first-order valence-corrected chi connectivity index (χ1v) is 8.45. The summed E-state index contributed by atoms with van der Waals surface area (Å²) in [5.41, 5.74) is 2.38. The number of pyridine rings is 1. The highest BCUT2D eigenvalue weighted by atomic mass is 19.1. The molecule has 128 valence electrons. The minimum absolute atomic E-state index is 0.188. The van der Waals surface area contributed by atoms with E-state index in [2.05, 4.69) is 14.8 Å². The lowest BCUT2D eigenvalue weighted by Gasteiger charge is -2.41. The lowest BCUT2D eigenvalue weighted by molar-refractivity contribution is 0.0499. The van der Waals surface area contributed by atoms with Crippen molar-refractivity contribution >= 4 is 0 Å². The largest absolute Gasteiger partial charge is 0.396 e. The number of hydrogen-bond donors (Lipinski definition) is 1. The Balaban J connectivity index is 1.61. The van der Waals surface area contributed by atoms with E-state index in [0.717, 1.165) is 44.7 Å². The van der Waals surface area contributed by atoms with E-state index < -0.39 is 0 Å². The fourth-order valence-corrected chi connectivity index (χ4v) is 3.30. The monoisotopic (exact) mass is 329 g/mol. The van der Waals surface area contributed by atoms with Crippen LogP contribution in [0.1, 0.15) is 17.5 Å². The van der Waals surface area contributed by atoms with Crippen molar-refractivity contribution in [2.75, 3.05) is 26.2 Å². The minimum atomic E-state index is -0.201. The van der Waals surface area contributed by atoms with Crippen molar-refractivity contribution in [2.24, 2.45) is 0 Å². The Morgan fingerprint density at radius 2 is 1.71 bits per heavy atom. The predicted octanol–water partition coefficient (Wildman–Crippen LogP) is 2.29.